The Balaban J connectivity index is 1.66. The molecule has 2 aromatic rings. The van der Waals surface area contributed by atoms with E-state index < -0.39 is 6.10 Å². The van der Waals surface area contributed by atoms with E-state index >= 15 is 0 Å². The third-order valence-corrected chi connectivity index (χ3v) is 4.45. The summed E-state index contributed by atoms with van der Waals surface area (Å²) in [5.41, 5.74) is 1.95. The highest BCUT2D eigenvalue weighted by Gasteiger charge is 2.17. The number of hydrogen-bond acceptors (Lipinski definition) is 4. The molecule has 0 aliphatic carbocycles. The first kappa shape index (κ1) is 12.6. The van der Waals surface area contributed by atoms with Gasteiger partial charge in [0.05, 0.1) is 11.8 Å². The molecule has 1 atom stereocenters. The molecular weight excluding hydrogens is 256 g/mol. The van der Waals surface area contributed by atoms with E-state index in [-0.39, 0.29) is 0 Å². The Hall–Kier alpha value is -1.39. The van der Waals surface area contributed by atoms with E-state index in [4.69, 9.17) is 0 Å². The smallest absolute Gasteiger partial charge is 0.185 e. The minimum atomic E-state index is -0.463. The summed E-state index contributed by atoms with van der Waals surface area (Å²) in [4.78, 5) is 6.98. The van der Waals surface area contributed by atoms with Gasteiger partial charge >= 0.3 is 0 Å². The normalized spacial score (nSPS) is 16.8. The predicted molar refractivity (Wildman–Crippen MR) is 78.7 cm³/mol. The first-order chi connectivity index (χ1) is 9.33. The molecule has 0 radical (unpaired) electrons. The van der Waals surface area contributed by atoms with Crippen molar-refractivity contribution < 1.29 is 5.11 Å². The van der Waals surface area contributed by atoms with Crippen molar-refractivity contribution in [2.45, 2.75) is 25.4 Å². The molecule has 0 spiro atoms. The standard InChI is InChI=1S/C15H18N2OS/c18-14(12-6-2-1-3-7-12)10-13-11-19-15(16-13)17-8-4-5-9-17/h1-3,6-7,11,14,18H,4-5,8-10H2. The van der Waals surface area contributed by atoms with Crippen LogP contribution in [-0.2, 0) is 6.42 Å². The SMILES string of the molecule is OC(Cc1csc(N2CCCC2)n1)c1ccccc1. The average Bonchev–Trinajstić information content (AvgIpc) is 3.10. The van der Waals surface area contributed by atoms with Gasteiger partial charge in [0.1, 0.15) is 0 Å². The Morgan fingerprint density at radius 2 is 1.95 bits per heavy atom. The second-order valence-electron chi connectivity index (χ2n) is 4.95. The lowest BCUT2D eigenvalue weighted by atomic mass is 10.1. The maximum absolute atomic E-state index is 10.2. The van der Waals surface area contributed by atoms with Crippen LogP contribution in [0.4, 0.5) is 5.13 Å². The molecule has 1 aromatic carbocycles. The zero-order valence-corrected chi connectivity index (χ0v) is 11.6. The summed E-state index contributed by atoms with van der Waals surface area (Å²) >= 11 is 1.69. The molecule has 0 bridgehead atoms. The molecule has 1 fully saturated rings. The van der Waals surface area contributed by atoms with Crippen LogP contribution in [0.2, 0.25) is 0 Å². The van der Waals surface area contributed by atoms with Gasteiger partial charge in [-0.05, 0) is 18.4 Å². The maximum Gasteiger partial charge on any atom is 0.185 e. The molecule has 2 heterocycles. The van der Waals surface area contributed by atoms with Crippen LogP contribution in [0.3, 0.4) is 0 Å². The van der Waals surface area contributed by atoms with Crippen LogP contribution in [0.5, 0.6) is 0 Å². The highest BCUT2D eigenvalue weighted by Crippen LogP contribution is 2.26. The molecule has 1 aromatic heterocycles. The molecule has 4 heteroatoms. The van der Waals surface area contributed by atoms with E-state index in [1.807, 2.05) is 30.3 Å². The van der Waals surface area contributed by atoms with Gasteiger partial charge in [0.25, 0.3) is 0 Å². The van der Waals surface area contributed by atoms with Crippen LogP contribution >= 0.6 is 11.3 Å². The zero-order valence-electron chi connectivity index (χ0n) is 10.8. The first-order valence-electron chi connectivity index (χ1n) is 6.75. The summed E-state index contributed by atoms with van der Waals surface area (Å²) < 4.78 is 0. The van der Waals surface area contributed by atoms with Crippen LogP contribution < -0.4 is 4.90 Å². The van der Waals surface area contributed by atoms with Crippen LogP contribution in [0.15, 0.2) is 35.7 Å². The number of aromatic nitrogens is 1. The highest BCUT2D eigenvalue weighted by molar-refractivity contribution is 7.13. The molecule has 1 aliphatic heterocycles. The van der Waals surface area contributed by atoms with Gasteiger partial charge < -0.3 is 10.0 Å². The number of rotatable bonds is 4. The Bertz CT molecular complexity index is 520. The van der Waals surface area contributed by atoms with E-state index in [0.29, 0.717) is 6.42 Å². The lowest BCUT2D eigenvalue weighted by molar-refractivity contribution is 0.177. The second kappa shape index (κ2) is 5.72. The van der Waals surface area contributed by atoms with Crippen molar-refractivity contribution in [2.75, 3.05) is 18.0 Å². The Labute approximate surface area is 117 Å². The summed E-state index contributed by atoms with van der Waals surface area (Å²) in [6, 6.07) is 9.78. The maximum atomic E-state index is 10.2. The van der Waals surface area contributed by atoms with Crippen molar-refractivity contribution in [1.29, 1.82) is 0 Å². The van der Waals surface area contributed by atoms with Gasteiger partial charge in [-0.1, -0.05) is 30.3 Å². The Morgan fingerprint density at radius 3 is 2.68 bits per heavy atom. The molecule has 3 rings (SSSR count). The molecule has 0 amide bonds. The lowest BCUT2D eigenvalue weighted by Gasteiger charge is -2.12. The van der Waals surface area contributed by atoms with E-state index in [1.54, 1.807) is 11.3 Å². The van der Waals surface area contributed by atoms with E-state index in [1.165, 1.54) is 12.8 Å². The zero-order chi connectivity index (χ0) is 13.1. The minimum Gasteiger partial charge on any atom is -0.388 e. The van der Waals surface area contributed by atoms with E-state index in [0.717, 1.165) is 29.5 Å². The molecule has 1 saturated heterocycles. The number of hydrogen-bond donors (Lipinski definition) is 1. The Morgan fingerprint density at radius 1 is 1.21 bits per heavy atom. The van der Waals surface area contributed by atoms with E-state index in [2.05, 4.69) is 15.3 Å². The second-order valence-corrected chi connectivity index (χ2v) is 5.78. The molecule has 1 aliphatic rings. The fourth-order valence-electron chi connectivity index (χ4n) is 2.43. The van der Waals surface area contributed by atoms with Crippen molar-refractivity contribution in [3.05, 3.63) is 47.0 Å². The van der Waals surface area contributed by atoms with Crippen molar-refractivity contribution in [3.63, 3.8) is 0 Å². The van der Waals surface area contributed by atoms with Gasteiger partial charge in [-0.15, -0.1) is 11.3 Å². The number of aliphatic hydroxyl groups excluding tert-OH is 1. The van der Waals surface area contributed by atoms with Crippen LogP contribution in [0.25, 0.3) is 0 Å². The van der Waals surface area contributed by atoms with Crippen LogP contribution in [0, 0.1) is 0 Å². The fourth-order valence-corrected chi connectivity index (χ4v) is 3.33. The van der Waals surface area contributed by atoms with Crippen molar-refractivity contribution in [1.82, 2.24) is 4.98 Å². The van der Waals surface area contributed by atoms with Crippen molar-refractivity contribution in [2.24, 2.45) is 0 Å². The van der Waals surface area contributed by atoms with Crippen molar-refractivity contribution in [3.8, 4) is 0 Å². The largest absolute Gasteiger partial charge is 0.388 e. The van der Waals surface area contributed by atoms with E-state index in [9.17, 15) is 5.11 Å². The number of anilines is 1. The fraction of sp³-hybridized carbons (Fsp3) is 0.400. The minimum absolute atomic E-state index is 0.463. The molecular formula is C15H18N2OS. The molecule has 0 saturated carbocycles. The lowest BCUT2D eigenvalue weighted by Crippen LogP contribution is -2.17. The summed E-state index contributed by atoms with van der Waals surface area (Å²) in [5, 5.41) is 13.4. The number of aliphatic hydroxyl groups is 1. The van der Waals surface area contributed by atoms with Gasteiger partial charge in [0.15, 0.2) is 5.13 Å². The number of thiazole rings is 1. The Kier molecular flexibility index (Phi) is 3.80. The van der Waals surface area contributed by atoms with Gasteiger partial charge in [-0.25, -0.2) is 4.98 Å². The van der Waals surface area contributed by atoms with Crippen LogP contribution in [0.1, 0.15) is 30.2 Å². The third kappa shape index (κ3) is 2.96. The number of nitrogens with zero attached hydrogens (tertiary/aromatic N) is 2. The molecule has 1 unspecified atom stereocenters. The third-order valence-electron chi connectivity index (χ3n) is 3.50. The summed E-state index contributed by atoms with van der Waals surface area (Å²) in [5.74, 6) is 0. The number of benzene rings is 1. The molecule has 3 nitrogen and oxygen atoms in total. The molecule has 1 N–H and O–H groups in total. The average molecular weight is 274 g/mol. The highest BCUT2D eigenvalue weighted by atomic mass is 32.1. The van der Waals surface area contributed by atoms with Crippen LogP contribution in [-0.4, -0.2) is 23.2 Å². The monoisotopic (exact) mass is 274 g/mol. The van der Waals surface area contributed by atoms with Gasteiger partial charge in [0, 0.05) is 24.9 Å². The van der Waals surface area contributed by atoms with Gasteiger partial charge in [-0.2, -0.15) is 0 Å². The molecule has 19 heavy (non-hydrogen) atoms. The quantitative estimate of drug-likeness (QED) is 0.931. The van der Waals surface area contributed by atoms with Gasteiger partial charge in [-0.3, -0.25) is 0 Å². The molecule has 100 valence electrons. The topological polar surface area (TPSA) is 36.4 Å². The summed E-state index contributed by atoms with van der Waals surface area (Å²) in [6.07, 6.45) is 2.66. The summed E-state index contributed by atoms with van der Waals surface area (Å²) in [7, 11) is 0. The summed E-state index contributed by atoms with van der Waals surface area (Å²) in [6.45, 7) is 2.24. The van der Waals surface area contributed by atoms with Gasteiger partial charge in [0.2, 0.25) is 0 Å². The predicted octanol–water partition coefficient (Wildman–Crippen LogP) is 3.02. The van der Waals surface area contributed by atoms with Crippen molar-refractivity contribution >= 4 is 16.5 Å². The first-order valence-corrected chi connectivity index (χ1v) is 7.63.